The minimum Gasteiger partial charge on any atom is -0.309 e. The molecule has 0 saturated carbocycles. The van der Waals surface area contributed by atoms with Crippen molar-refractivity contribution in [2.45, 2.75) is 6.17 Å². The molecule has 2 atom stereocenters. The molecule has 2 aliphatic rings. The summed E-state index contributed by atoms with van der Waals surface area (Å²) in [6.45, 7) is 0. The Morgan fingerprint density at radius 3 is 3.18 bits per heavy atom. The van der Waals surface area contributed by atoms with Crippen LogP contribution in [0.5, 0.6) is 0 Å². The number of nitrogens with two attached hydrogens (primary N) is 1. The second-order valence-electron chi connectivity index (χ2n) is 2.29. The van der Waals surface area contributed by atoms with Crippen LogP contribution in [-0.4, -0.2) is 22.1 Å². The smallest absolute Gasteiger partial charge is 0.137 e. The zero-order valence-electron chi connectivity index (χ0n) is 5.53. The molecule has 0 saturated heterocycles. The fraction of sp³-hybridized carbons (Fsp3) is 0.400. The van der Waals surface area contributed by atoms with Crippen molar-refractivity contribution in [1.29, 1.82) is 0 Å². The van der Waals surface area contributed by atoms with Gasteiger partial charge in [-0.1, -0.05) is 0 Å². The van der Waals surface area contributed by atoms with Gasteiger partial charge in [0, 0.05) is 0 Å². The van der Waals surface area contributed by atoms with E-state index < -0.39 is 0 Å². The molecule has 0 fully saturated rings. The largest absolute Gasteiger partial charge is 0.309 e. The maximum atomic E-state index is 5.71. The number of fused-ring (bicyclic) bond motifs is 1. The topological polar surface area (TPSA) is 75.1 Å². The Bertz CT molecular complexity index is 268. The van der Waals surface area contributed by atoms with E-state index in [4.69, 9.17) is 5.73 Å². The molecule has 2 aliphatic heterocycles. The van der Waals surface area contributed by atoms with E-state index in [1.54, 1.807) is 0 Å². The van der Waals surface area contributed by atoms with Gasteiger partial charge in [-0.3, -0.25) is 10.4 Å². The Hall–Kier alpha value is -0.500. The van der Waals surface area contributed by atoms with Crippen LogP contribution in [0.25, 0.3) is 0 Å². The van der Waals surface area contributed by atoms with Crippen molar-refractivity contribution in [3.63, 3.8) is 0 Å². The molecule has 0 aromatic carbocycles. The Balaban J connectivity index is 2.34. The van der Waals surface area contributed by atoms with Crippen LogP contribution < -0.4 is 11.2 Å². The van der Waals surface area contributed by atoms with Crippen molar-refractivity contribution in [3.05, 3.63) is 0 Å². The molecule has 58 valence electrons. The van der Waals surface area contributed by atoms with Gasteiger partial charge in [0.05, 0.1) is 0 Å². The maximum absolute atomic E-state index is 5.71. The first-order valence-corrected chi connectivity index (χ1v) is 4.21. The minimum atomic E-state index is -0.229. The van der Waals surface area contributed by atoms with Crippen LogP contribution in [0.15, 0.2) is 15.1 Å². The van der Waals surface area contributed by atoms with E-state index in [-0.39, 0.29) is 12.1 Å². The van der Waals surface area contributed by atoms with Gasteiger partial charge in [0.25, 0.3) is 0 Å². The Kier molecular flexibility index (Phi) is 1.64. The highest BCUT2D eigenvalue weighted by atomic mass is 127. The van der Waals surface area contributed by atoms with Gasteiger partial charge in [-0.15, -0.1) is 0 Å². The molecule has 2 rings (SSSR count). The quantitative estimate of drug-likeness (QED) is 0.588. The number of amidine groups is 1. The number of hydrogen-bond acceptors (Lipinski definition) is 5. The van der Waals surface area contributed by atoms with E-state index in [2.05, 4.69) is 43.1 Å². The summed E-state index contributed by atoms with van der Waals surface area (Å²) in [5.41, 5.74) is 8.50. The predicted octanol–water partition coefficient (Wildman–Crippen LogP) is -0.321. The number of aliphatic imine (C=N–C) groups is 2. The standard InChI is InChI=1S/C5H6IN5/c6-3-2-4(7)8-1-9-5(2)11-10-3/h1-2,4H,7H2,(H,8,9,11). The molecule has 0 radical (unpaired) electrons. The Labute approximate surface area is 77.0 Å². The summed E-state index contributed by atoms with van der Waals surface area (Å²) in [4.78, 5) is 7.97. The molecule has 2 unspecified atom stereocenters. The normalized spacial score (nSPS) is 34.0. The summed E-state index contributed by atoms with van der Waals surface area (Å²) >= 11 is 2.13. The fourth-order valence-electron chi connectivity index (χ4n) is 1.03. The lowest BCUT2D eigenvalue weighted by Crippen LogP contribution is -2.39. The zero-order chi connectivity index (χ0) is 7.84. The molecular formula is C5H6IN5. The highest BCUT2D eigenvalue weighted by Gasteiger charge is 2.33. The molecule has 0 aliphatic carbocycles. The van der Waals surface area contributed by atoms with Gasteiger partial charge in [-0.25, -0.2) is 4.99 Å². The lowest BCUT2D eigenvalue weighted by Gasteiger charge is -2.16. The van der Waals surface area contributed by atoms with Gasteiger partial charge in [0.1, 0.15) is 28.0 Å². The summed E-state index contributed by atoms with van der Waals surface area (Å²) in [5, 5.41) is 3.99. The van der Waals surface area contributed by atoms with Crippen molar-refractivity contribution in [3.8, 4) is 0 Å². The van der Waals surface area contributed by atoms with E-state index in [9.17, 15) is 0 Å². The number of halogens is 1. The first-order chi connectivity index (χ1) is 5.29. The first kappa shape index (κ1) is 7.17. The molecule has 2 heterocycles. The van der Waals surface area contributed by atoms with Gasteiger partial charge in [-0.2, -0.15) is 5.10 Å². The average Bonchev–Trinajstić information content (AvgIpc) is 2.34. The highest BCUT2D eigenvalue weighted by molar-refractivity contribution is 14.1. The van der Waals surface area contributed by atoms with Crippen molar-refractivity contribution < 1.29 is 0 Å². The van der Waals surface area contributed by atoms with E-state index in [0.29, 0.717) is 0 Å². The van der Waals surface area contributed by atoms with Crippen LogP contribution in [0.2, 0.25) is 0 Å². The SMILES string of the molecule is NC1N=CN=C2NN=C(I)C21. The third kappa shape index (κ3) is 1.06. The van der Waals surface area contributed by atoms with E-state index in [1.807, 2.05) is 0 Å². The second-order valence-corrected chi connectivity index (χ2v) is 3.40. The number of nitrogens with one attached hydrogen (secondary N) is 1. The summed E-state index contributed by atoms with van der Waals surface area (Å²) in [7, 11) is 0. The van der Waals surface area contributed by atoms with Crippen LogP contribution in [-0.2, 0) is 0 Å². The maximum Gasteiger partial charge on any atom is 0.137 e. The molecule has 3 N–H and O–H groups in total. The molecule has 6 heteroatoms. The average molecular weight is 263 g/mol. The molecule has 11 heavy (non-hydrogen) atoms. The third-order valence-corrected chi connectivity index (χ3v) is 2.52. The molecule has 0 aromatic heterocycles. The lowest BCUT2D eigenvalue weighted by molar-refractivity contribution is 0.663. The fourth-order valence-corrected chi connectivity index (χ4v) is 1.82. The molecule has 5 nitrogen and oxygen atoms in total. The van der Waals surface area contributed by atoms with Crippen molar-refractivity contribution >= 4 is 38.5 Å². The van der Waals surface area contributed by atoms with E-state index >= 15 is 0 Å². The van der Waals surface area contributed by atoms with Crippen LogP contribution in [0.1, 0.15) is 0 Å². The minimum absolute atomic E-state index is 0.0561. The summed E-state index contributed by atoms with van der Waals surface area (Å²) in [6, 6.07) is 0. The number of nitrogens with zero attached hydrogens (tertiary/aromatic N) is 3. The van der Waals surface area contributed by atoms with E-state index in [0.717, 1.165) is 9.55 Å². The van der Waals surface area contributed by atoms with Crippen molar-refractivity contribution in [2.75, 3.05) is 0 Å². The van der Waals surface area contributed by atoms with Crippen molar-refractivity contribution in [1.82, 2.24) is 5.43 Å². The van der Waals surface area contributed by atoms with Crippen LogP contribution in [0.4, 0.5) is 0 Å². The van der Waals surface area contributed by atoms with Gasteiger partial charge in [-0.05, 0) is 22.6 Å². The lowest BCUT2D eigenvalue weighted by atomic mass is 10.1. The molecule has 0 bridgehead atoms. The summed E-state index contributed by atoms with van der Waals surface area (Å²) in [5.74, 6) is 0.859. The van der Waals surface area contributed by atoms with Crippen LogP contribution in [0, 0.1) is 5.92 Å². The first-order valence-electron chi connectivity index (χ1n) is 3.13. The Morgan fingerprint density at radius 2 is 2.45 bits per heavy atom. The molecule has 0 amide bonds. The second kappa shape index (κ2) is 2.52. The monoisotopic (exact) mass is 263 g/mol. The highest BCUT2D eigenvalue weighted by Crippen LogP contribution is 2.19. The van der Waals surface area contributed by atoms with Crippen LogP contribution >= 0.6 is 22.6 Å². The number of hydrazone groups is 1. The van der Waals surface area contributed by atoms with Gasteiger partial charge >= 0.3 is 0 Å². The molecular weight excluding hydrogens is 257 g/mol. The third-order valence-electron chi connectivity index (χ3n) is 1.61. The van der Waals surface area contributed by atoms with Crippen molar-refractivity contribution in [2.24, 2.45) is 26.7 Å². The van der Waals surface area contributed by atoms with Gasteiger partial charge in [0.2, 0.25) is 0 Å². The van der Waals surface area contributed by atoms with E-state index in [1.165, 1.54) is 6.34 Å². The molecule has 0 aromatic rings. The summed E-state index contributed by atoms with van der Waals surface area (Å²) in [6.07, 6.45) is 1.24. The Morgan fingerprint density at radius 1 is 1.64 bits per heavy atom. The zero-order valence-corrected chi connectivity index (χ0v) is 7.69. The van der Waals surface area contributed by atoms with Gasteiger partial charge in [0.15, 0.2) is 0 Å². The van der Waals surface area contributed by atoms with Gasteiger partial charge < -0.3 is 5.73 Å². The number of hydrogen-bond donors (Lipinski definition) is 2. The van der Waals surface area contributed by atoms with Crippen LogP contribution in [0.3, 0.4) is 0 Å². The summed E-state index contributed by atoms with van der Waals surface area (Å²) < 4.78 is 0.922. The predicted molar refractivity (Wildman–Crippen MR) is 52.0 cm³/mol. The molecule has 0 spiro atoms. The number of rotatable bonds is 0.